The summed E-state index contributed by atoms with van der Waals surface area (Å²) in [4.78, 5) is 32.8. The molecule has 34 heavy (non-hydrogen) atoms. The van der Waals surface area contributed by atoms with Crippen LogP contribution in [-0.4, -0.2) is 53.3 Å². The van der Waals surface area contributed by atoms with Crippen LogP contribution in [-0.2, 0) is 17.9 Å². The third-order valence-electron chi connectivity index (χ3n) is 6.09. The van der Waals surface area contributed by atoms with Crippen LogP contribution in [0.1, 0.15) is 40.1 Å². The van der Waals surface area contributed by atoms with Gasteiger partial charge in [-0.05, 0) is 47.5 Å². The lowest BCUT2D eigenvalue weighted by atomic mass is 9.99. The molecule has 176 valence electrons. The largest absolute Gasteiger partial charge is 0.487 e. The predicted molar refractivity (Wildman–Crippen MR) is 130 cm³/mol. The van der Waals surface area contributed by atoms with Gasteiger partial charge < -0.3 is 15.0 Å². The van der Waals surface area contributed by atoms with E-state index in [1.54, 1.807) is 26.2 Å². The Kier molecular flexibility index (Phi) is 7.54. The zero-order chi connectivity index (χ0) is 23.9. The maximum absolute atomic E-state index is 12.2. The third-order valence-corrected chi connectivity index (χ3v) is 6.09. The van der Waals surface area contributed by atoms with Gasteiger partial charge in [0.1, 0.15) is 12.4 Å². The van der Waals surface area contributed by atoms with Crippen LogP contribution in [0.15, 0.2) is 72.9 Å². The van der Waals surface area contributed by atoms with Crippen molar-refractivity contribution in [2.24, 2.45) is 0 Å². The van der Waals surface area contributed by atoms with Gasteiger partial charge in [-0.1, -0.05) is 30.3 Å². The molecular weight excluding hydrogens is 428 g/mol. The summed E-state index contributed by atoms with van der Waals surface area (Å²) in [6, 6.07) is 21.5. The fourth-order valence-electron chi connectivity index (χ4n) is 4.25. The number of hydrogen-bond acceptors (Lipinski definition) is 5. The molecule has 1 atom stereocenters. The number of amides is 2. The van der Waals surface area contributed by atoms with Crippen LogP contribution in [0, 0.1) is 0 Å². The van der Waals surface area contributed by atoms with E-state index in [1.165, 1.54) is 0 Å². The summed E-state index contributed by atoms with van der Waals surface area (Å²) in [6.07, 6.45) is 1.76. The van der Waals surface area contributed by atoms with Crippen molar-refractivity contribution in [3.63, 3.8) is 0 Å². The molecular formula is C27H30N4O3. The summed E-state index contributed by atoms with van der Waals surface area (Å²) in [7, 11) is 1.63. The average Bonchev–Trinajstić information content (AvgIpc) is 2.88. The van der Waals surface area contributed by atoms with E-state index in [-0.39, 0.29) is 17.9 Å². The van der Waals surface area contributed by atoms with E-state index in [2.05, 4.69) is 27.3 Å². The molecule has 0 spiro atoms. The van der Waals surface area contributed by atoms with Gasteiger partial charge in [0.2, 0.25) is 5.91 Å². The summed E-state index contributed by atoms with van der Waals surface area (Å²) in [6.45, 7) is 4.74. The maximum Gasteiger partial charge on any atom is 0.251 e. The van der Waals surface area contributed by atoms with Gasteiger partial charge in [-0.2, -0.15) is 0 Å². The molecule has 1 N–H and O–H groups in total. The molecule has 0 unspecified atom stereocenters. The van der Waals surface area contributed by atoms with Gasteiger partial charge in [-0.25, -0.2) is 0 Å². The first kappa shape index (κ1) is 23.4. The minimum atomic E-state index is -0.120. The van der Waals surface area contributed by atoms with Crippen molar-refractivity contribution in [3.8, 4) is 5.75 Å². The highest BCUT2D eigenvalue weighted by Crippen LogP contribution is 2.29. The lowest BCUT2D eigenvalue weighted by Crippen LogP contribution is -2.49. The van der Waals surface area contributed by atoms with E-state index in [4.69, 9.17) is 4.74 Å². The number of hydrogen-bond donors (Lipinski definition) is 1. The first-order valence-corrected chi connectivity index (χ1v) is 11.5. The minimum Gasteiger partial charge on any atom is -0.487 e. The molecule has 2 heterocycles. The molecule has 1 saturated heterocycles. The number of rotatable bonds is 7. The number of benzene rings is 2. The lowest BCUT2D eigenvalue weighted by molar-refractivity contribution is -0.132. The second-order valence-electron chi connectivity index (χ2n) is 8.41. The Morgan fingerprint density at radius 1 is 1.06 bits per heavy atom. The zero-order valence-corrected chi connectivity index (χ0v) is 19.6. The highest BCUT2D eigenvalue weighted by atomic mass is 16.5. The fraction of sp³-hybridized carbons (Fsp3) is 0.296. The highest BCUT2D eigenvalue weighted by molar-refractivity contribution is 5.94. The van der Waals surface area contributed by atoms with Crippen molar-refractivity contribution in [1.82, 2.24) is 20.1 Å². The number of pyridine rings is 1. The number of ether oxygens (including phenoxy) is 1. The molecule has 1 aliphatic rings. The van der Waals surface area contributed by atoms with Crippen LogP contribution in [0.4, 0.5) is 0 Å². The number of carbonyl (C=O) groups is 2. The van der Waals surface area contributed by atoms with Gasteiger partial charge in [-0.15, -0.1) is 0 Å². The van der Waals surface area contributed by atoms with E-state index in [0.29, 0.717) is 31.8 Å². The second-order valence-corrected chi connectivity index (χ2v) is 8.41. The predicted octanol–water partition coefficient (Wildman–Crippen LogP) is 3.43. The molecule has 1 aliphatic heterocycles. The molecule has 0 aliphatic carbocycles. The monoisotopic (exact) mass is 458 g/mol. The number of piperazine rings is 1. The van der Waals surface area contributed by atoms with Gasteiger partial charge in [0.25, 0.3) is 5.91 Å². The van der Waals surface area contributed by atoms with Crippen molar-refractivity contribution in [2.45, 2.75) is 26.1 Å². The second kappa shape index (κ2) is 10.9. The summed E-state index contributed by atoms with van der Waals surface area (Å²) in [5.74, 6) is 0.742. The quantitative estimate of drug-likeness (QED) is 0.587. The van der Waals surface area contributed by atoms with Crippen molar-refractivity contribution >= 4 is 11.8 Å². The lowest BCUT2D eigenvalue weighted by Gasteiger charge is -2.41. The molecule has 0 radical (unpaired) electrons. The van der Waals surface area contributed by atoms with Crippen molar-refractivity contribution < 1.29 is 14.3 Å². The maximum atomic E-state index is 12.2. The Morgan fingerprint density at radius 2 is 1.91 bits per heavy atom. The Labute approximate surface area is 200 Å². The molecule has 1 aromatic heterocycles. The molecule has 7 heteroatoms. The normalized spacial score (nSPS) is 16.2. The number of carbonyl (C=O) groups excluding carboxylic acids is 2. The minimum absolute atomic E-state index is 0.0136. The topological polar surface area (TPSA) is 74.8 Å². The van der Waals surface area contributed by atoms with E-state index in [1.807, 2.05) is 53.4 Å². The van der Waals surface area contributed by atoms with Gasteiger partial charge in [0.05, 0.1) is 11.7 Å². The van der Waals surface area contributed by atoms with Gasteiger partial charge in [-0.3, -0.25) is 19.5 Å². The van der Waals surface area contributed by atoms with E-state index in [0.717, 1.165) is 29.1 Å². The summed E-state index contributed by atoms with van der Waals surface area (Å²) in [5, 5.41) is 2.68. The Morgan fingerprint density at radius 3 is 2.68 bits per heavy atom. The smallest absolute Gasteiger partial charge is 0.251 e. The molecule has 2 amide bonds. The summed E-state index contributed by atoms with van der Waals surface area (Å²) < 4.78 is 5.96. The molecule has 3 aromatic rings. The van der Waals surface area contributed by atoms with E-state index >= 15 is 0 Å². The van der Waals surface area contributed by atoms with Crippen molar-refractivity contribution in [3.05, 3.63) is 95.3 Å². The molecule has 2 aromatic carbocycles. The van der Waals surface area contributed by atoms with Crippen LogP contribution >= 0.6 is 0 Å². The molecule has 7 nitrogen and oxygen atoms in total. The zero-order valence-electron chi connectivity index (χ0n) is 19.6. The van der Waals surface area contributed by atoms with Gasteiger partial charge >= 0.3 is 0 Å². The number of nitrogens with one attached hydrogen (secondary N) is 1. The number of nitrogens with zero attached hydrogens (tertiary/aromatic N) is 3. The highest BCUT2D eigenvalue weighted by Gasteiger charge is 2.30. The van der Waals surface area contributed by atoms with Crippen LogP contribution in [0.5, 0.6) is 5.75 Å². The van der Waals surface area contributed by atoms with Crippen molar-refractivity contribution in [2.75, 3.05) is 26.7 Å². The standard InChI is InChI=1S/C27H30N4O3/c1-20(32)30-13-14-31(26(18-30)22-8-6-9-23(16-22)27(33)28-2)17-21-7-5-11-25(15-21)34-19-24-10-3-4-12-29-24/h3-12,15-16,26H,13-14,17-19H2,1-2H3,(H,28,33)/t26-/m0/s1. The average molecular weight is 459 g/mol. The Hall–Kier alpha value is -3.71. The summed E-state index contributed by atoms with van der Waals surface area (Å²) in [5.41, 5.74) is 3.64. The summed E-state index contributed by atoms with van der Waals surface area (Å²) >= 11 is 0. The molecule has 1 fully saturated rings. The number of aromatic nitrogens is 1. The van der Waals surface area contributed by atoms with E-state index in [9.17, 15) is 9.59 Å². The van der Waals surface area contributed by atoms with Crippen LogP contribution in [0.3, 0.4) is 0 Å². The van der Waals surface area contributed by atoms with Gasteiger partial charge in [0.15, 0.2) is 0 Å². The fourth-order valence-corrected chi connectivity index (χ4v) is 4.25. The van der Waals surface area contributed by atoms with Crippen LogP contribution in [0.2, 0.25) is 0 Å². The van der Waals surface area contributed by atoms with Crippen molar-refractivity contribution in [1.29, 1.82) is 0 Å². The SMILES string of the molecule is CNC(=O)c1cccc([C@@H]2CN(C(C)=O)CCN2Cc2cccc(OCc3ccccn3)c2)c1. The first-order valence-electron chi connectivity index (χ1n) is 11.5. The van der Waals surface area contributed by atoms with Crippen LogP contribution in [0.25, 0.3) is 0 Å². The molecule has 0 bridgehead atoms. The molecule has 4 rings (SSSR count). The first-order chi connectivity index (χ1) is 16.5. The third kappa shape index (κ3) is 5.80. The van der Waals surface area contributed by atoms with Gasteiger partial charge in [0, 0.05) is 51.9 Å². The Bertz CT molecular complexity index is 1140. The Balaban J connectivity index is 1.52. The van der Waals surface area contributed by atoms with E-state index < -0.39 is 0 Å². The molecule has 0 saturated carbocycles. The van der Waals surface area contributed by atoms with Crippen LogP contribution < -0.4 is 10.1 Å².